The Morgan fingerprint density at radius 3 is 1.14 bits per heavy atom. The second-order valence-electron chi connectivity index (χ2n) is 44.2. The molecule has 148 heavy (non-hydrogen) atoms. The minimum atomic E-state index is -1.73. The number of rotatable bonds is 31. The van der Waals surface area contributed by atoms with Gasteiger partial charge in [-0.2, -0.15) is 0 Å². The molecule has 13 amide bonds. The summed E-state index contributed by atoms with van der Waals surface area (Å²) in [6.45, 7) is 44.0. The number of carbonyl (C=O) groups excluding carboxylic acids is 17. The Balaban J connectivity index is 0.000000615. The van der Waals surface area contributed by atoms with E-state index in [9.17, 15) is 91.7 Å². The zero-order chi connectivity index (χ0) is 111. The van der Waals surface area contributed by atoms with Crippen LogP contribution in [0.5, 0.6) is 11.5 Å². The van der Waals surface area contributed by atoms with Gasteiger partial charge in [-0.25, -0.2) is 14.4 Å². The number of methoxy groups -OCH3 is 2. The van der Waals surface area contributed by atoms with Gasteiger partial charge in [-0.05, 0) is 175 Å². The van der Waals surface area contributed by atoms with Crippen molar-refractivity contribution < 1.29 is 143 Å². The molecule has 0 saturated carbocycles. The molecular formula is C107H175ClN14O26. The largest absolute Gasteiger partial charge is 1.00 e. The maximum atomic E-state index is 15.0. The van der Waals surface area contributed by atoms with Crippen LogP contribution in [0.3, 0.4) is 0 Å². The highest BCUT2D eigenvalue weighted by molar-refractivity contribution is 5.99. The van der Waals surface area contributed by atoms with Crippen molar-refractivity contribution in [3.8, 4) is 11.5 Å². The van der Waals surface area contributed by atoms with E-state index in [0.717, 1.165) is 0 Å². The summed E-state index contributed by atoms with van der Waals surface area (Å²) >= 11 is 0. The fourth-order valence-electron chi connectivity index (χ4n) is 18.3. The molecule has 4 aliphatic rings. The minimum Gasteiger partial charge on any atom is -1.00 e. The molecule has 0 spiro atoms. The number of benzene rings is 2. The molecule has 6 rings (SSSR count). The molecule has 0 radical (unpaired) electrons. The zero-order valence-electron chi connectivity index (χ0n) is 93.2. The fraction of sp³-hybridized carbons (Fsp3) is 0.729. The smallest absolute Gasteiger partial charge is 0.408 e. The second-order valence-corrected chi connectivity index (χ2v) is 44.2. The number of aliphatic hydroxyl groups excluding tert-OH is 2. The van der Waals surface area contributed by atoms with Gasteiger partial charge in [0.2, 0.25) is 53.2 Å². The van der Waals surface area contributed by atoms with Gasteiger partial charge >= 0.3 is 30.0 Å². The number of esters is 4. The zero-order valence-corrected chi connectivity index (χ0v) is 94.0. The summed E-state index contributed by atoms with van der Waals surface area (Å²) in [4.78, 5) is 252. The lowest BCUT2D eigenvalue weighted by molar-refractivity contribution is -0.416. The highest BCUT2D eigenvalue weighted by atomic mass is 35.5. The van der Waals surface area contributed by atoms with Crippen molar-refractivity contribution in [3.05, 3.63) is 59.7 Å². The number of nitrogens with zero attached hydrogens (tertiary/aromatic N) is 6. The average molecular weight is 2110 g/mol. The predicted octanol–water partition coefficient (Wildman–Crippen LogP) is 3.30. The molecule has 40 nitrogen and oxygen atoms in total. The summed E-state index contributed by atoms with van der Waals surface area (Å²) < 4.78 is 39.9. The van der Waals surface area contributed by atoms with Crippen molar-refractivity contribution in [2.75, 3.05) is 55.5 Å². The molecule has 0 bridgehead atoms. The summed E-state index contributed by atoms with van der Waals surface area (Å²) in [5, 5.41) is 42.9. The number of cyclic esters (lactones) is 4. The first-order valence-corrected chi connectivity index (χ1v) is 52.3. The van der Waals surface area contributed by atoms with Crippen LogP contribution >= 0.6 is 0 Å². The number of nitrogens with one attached hydrogen (secondary N) is 7. The van der Waals surface area contributed by atoms with E-state index in [1.165, 1.54) is 85.7 Å². The molecule has 0 unspecified atom stereocenters. The topological polar surface area (TPSA) is 527 Å². The van der Waals surface area contributed by atoms with Gasteiger partial charge in [0.15, 0.2) is 18.2 Å². The highest BCUT2D eigenvalue weighted by Gasteiger charge is 2.50. The van der Waals surface area contributed by atoms with Gasteiger partial charge in [0.05, 0.1) is 51.4 Å². The van der Waals surface area contributed by atoms with E-state index in [4.69, 9.17) is 33.2 Å². The molecule has 4 heterocycles. The molecule has 2 aromatic carbocycles. The summed E-state index contributed by atoms with van der Waals surface area (Å²) in [5.74, 6) is -14.0. The third kappa shape index (κ3) is 37.6. The Bertz CT molecular complexity index is 4740. The molecule has 2 aromatic rings. The quantitative estimate of drug-likeness (QED) is 0.0382. The normalized spacial score (nSPS) is 25.4. The van der Waals surface area contributed by atoms with Crippen molar-refractivity contribution in [1.29, 1.82) is 0 Å². The van der Waals surface area contributed by atoms with Crippen LogP contribution in [0.15, 0.2) is 48.5 Å². The number of aliphatic hydroxyl groups is 2. The van der Waals surface area contributed by atoms with Gasteiger partial charge in [-0.3, -0.25) is 67.1 Å². The Morgan fingerprint density at radius 2 is 0.838 bits per heavy atom. The van der Waals surface area contributed by atoms with Crippen molar-refractivity contribution in [3.63, 3.8) is 0 Å². The molecule has 0 aromatic heterocycles. The van der Waals surface area contributed by atoms with E-state index in [-0.39, 0.29) is 112 Å². The lowest BCUT2D eigenvalue weighted by Gasteiger charge is -2.36. The Labute approximate surface area is 881 Å². The first-order chi connectivity index (χ1) is 68.5. The molecular weight excluding hydrogens is 1930 g/mol. The van der Waals surface area contributed by atoms with Gasteiger partial charge in [0.1, 0.15) is 95.8 Å². The van der Waals surface area contributed by atoms with Gasteiger partial charge in [0, 0.05) is 60.0 Å². The minimum absolute atomic E-state index is 0. The standard InChI is InChI=1S/C56H91N7O14.C51H83N7O12.ClH/c1-18-34(10)45-42(64)29-43(65)76-47(33(8)9)50(68)57-38(26-30(2)3)51(69)63-25-19-20-39(63)52(70)62(16)41(28-36-21-23-37(74-17)24-22-36)54(72)75-35(11)46(49(67)58-45)59-48(66)40(27-31(4)5)61(15)53(71)44(32(6)7)60-55(73)77-56(12,13)14;1-15-31(10)42-39(59)26-40(60)70-44(30(8)9)47(63)53-35(23-27(2)3)48(64)58-22-16-17-36(58)49(65)57(13)38(25-33-18-20-34(68-14)21-19-33)51(67)69-32(11)43(46(62)54-42)55-45(61)37(24-28(4)5)56(12)50(66)41(52)29(6)7;/h21-24,30-35,38-42,44-47,64H,18-20,25-29H2,1-17H3,(H,57,68)(H,58,67)(H,59,66)(H,60,73);18-21,27-32,35-39,41-44,59H,15-17,22-26,52H2,1-14H3,(H,53,63)(H,54,62)(H,55,61);1H/t34-,35+,38-,39-,40+,41-,42-,44-,45+,46-,47-;31-,32+,35-,36-,37+,38-,39-,41-,42+,43-,44-;/m00./s1. The molecule has 4 aliphatic heterocycles. The predicted molar refractivity (Wildman–Crippen MR) is 549 cm³/mol. The summed E-state index contributed by atoms with van der Waals surface area (Å²) in [7, 11) is 8.78. The molecule has 0 aliphatic carbocycles. The Hall–Kier alpha value is -11.0. The van der Waals surface area contributed by atoms with E-state index in [1.54, 1.807) is 132 Å². The van der Waals surface area contributed by atoms with Crippen LogP contribution in [0.2, 0.25) is 0 Å². The lowest BCUT2D eigenvalue weighted by Crippen LogP contribution is -3.00. The van der Waals surface area contributed by atoms with Crippen LogP contribution in [0.1, 0.15) is 261 Å². The van der Waals surface area contributed by atoms with E-state index in [2.05, 4.69) is 43.0 Å². The number of amides is 13. The molecule has 4 saturated heterocycles. The van der Waals surface area contributed by atoms with E-state index < -0.39 is 264 Å². The van der Waals surface area contributed by atoms with Crippen LogP contribution in [-0.4, -0.2) is 323 Å². The SMILES string of the molecule is CC[C@H](C)[C@H]1NC(=O)[C@@H](NC(=O)[C@@H](CC(C)C)N(C)C(=O)[C@@H](NC(=O)OC(C)(C)C)C(C)C)[C@@H](C)OC(=O)[C@H](Cc2ccc(OC)cc2)N(C)C(=O)[C@@H]2CCCN2C(=O)[C@H](CC(C)C)NC(=O)[C@H](C(C)C)OC(=O)C[C@@H]1O.CC[C@H](C)[C@H]1NC(=O)[C@@H](NC(=O)[C@@H](CC(C)C)N(C)C(=O)[C@@H]([NH3+])C(C)C)[C@@H](C)OC(=O)[C@H](Cc2ccc(OC)cc2)N(C)C(=O)[C@@H]2CCCN2C(=O)[C@H](CC(C)C)NC(=O)[C@H](C(C)C)OC(=O)C[C@@H]1O.[Cl-]. The first kappa shape index (κ1) is 129. The van der Waals surface area contributed by atoms with E-state index in [0.29, 0.717) is 48.3 Å². The first-order valence-electron chi connectivity index (χ1n) is 52.3. The van der Waals surface area contributed by atoms with Gasteiger partial charge in [-0.15, -0.1) is 0 Å². The summed E-state index contributed by atoms with van der Waals surface area (Å²) in [6, 6.07) is -3.18. The van der Waals surface area contributed by atoms with Gasteiger partial charge < -0.3 is 128 Å². The highest BCUT2D eigenvalue weighted by Crippen LogP contribution is 2.32. The maximum absolute atomic E-state index is 15.0. The van der Waals surface area contributed by atoms with Crippen LogP contribution in [-0.2, 0) is 113 Å². The number of alkyl carbamates (subject to hydrolysis) is 1. The summed E-state index contributed by atoms with van der Waals surface area (Å²) in [6.07, 6.45) is -8.39. The number of fused-ring (bicyclic) bond motifs is 2. The molecule has 4 fully saturated rings. The summed E-state index contributed by atoms with van der Waals surface area (Å²) in [5.41, 5.74) is 4.36. The van der Waals surface area contributed by atoms with Crippen molar-refractivity contribution in [1.82, 2.24) is 66.6 Å². The van der Waals surface area contributed by atoms with Crippen molar-refractivity contribution in [2.45, 2.75) is 390 Å². The van der Waals surface area contributed by atoms with Crippen LogP contribution < -0.4 is 64.8 Å². The number of halogens is 1. The van der Waals surface area contributed by atoms with Gasteiger partial charge in [0.25, 0.3) is 17.7 Å². The maximum Gasteiger partial charge on any atom is 0.408 e. The van der Waals surface area contributed by atoms with E-state index >= 15 is 0 Å². The number of hydrogen-bond acceptors (Lipinski definition) is 26. The monoisotopic (exact) mass is 2110 g/mol. The fourth-order valence-corrected chi connectivity index (χ4v) is 18.3. The molecule has 22 atom stereocenters. The molecule has 12 N–H and O–H groups in total. The Kier molecular flexibility index (Phi) is 52.0. The van der Waals surface area contributed by atoms with Gasteiger partial charge in [-0.1, -0.05) is 176 Å². The van der Waals surface area contributed by atoms with E-state index in [1.807, 2.05) is 76.2 Å². The van der Waals surface area contributed by atoms with Crippen LogP contribution in [0, 0.1) is 59.2 Å². The third-order valence-electron chi connectivity index (χ3n) is 27.6. The van der Waals surface area contributed by atoms with Crippen molar-refractivity contribution >= 4 is 101 Å². The number of likely N-dealkylation sites (N-methyl/N-ethyl adjacent to an activating group) is 4. The average Bonchev–Trinajstić information content (AvgIpc) is 1.72. The van der Waals surface area contributed by atoms with Crippen LogP contribution in [0.4, 0.5) is 4.79 Å². The second kappa shape index (κ2) is 59.6. The molecule has 836 valence electrons. The number of hydrogen-bond donors (Lipinski definition) is 10. The number of quaternary nitrogens is 1. The third-order valence-corrected chi connectivity index (χ3v) is 27.6. The number of ether oxygens (including phenoxy) is 7. The molecule has 41 heteroatoms. The number of carbonyl (C=O) groups is 17. The lowest BCUT2D eigenvalue weighted by atomic mass is 9.92. The van der Waals surface area contributed by atoms with Crippen molar-refractivity contribution in [2.24, 2.45) is 59.2 Å². The Morgan fingerprint density at radius 1 is 0.493 bits per heavy atom. The van der Waals surface area contributed by atoms with Crippen LogP contribution in [0.25, 0.3) is 0 Å².